The van der Waals surface area contributed by atoms with Crippen molar-refractivity contribution in [2.24, 2.45) is 0 Å². The average molecular weight is 300 g/mol. The van der Waals surface area contributed by atoms with Crippen molar-refractivity contribution in [3.8, 4) is 0 Å². The zero-order valence-electron chi connectivity index (χ0n) is 13.1. The largest absolute Gasteiger partial charge is 0.390 e. The molecule has 0 amide bonds. The summed E-state index contributed by atoms with van der Waals surface area (Å²) in [6, 6.07) is 7.37. The molecule has 1 N–H and O–H groups in total. The van der Waals surface area contributed by atoms with Crippen molar-refractivity contribution in [2.75, 3.05) is 20.1 Å². The van der Waals surface area contributed by atoms with E-state index in [1.807, 2.05) is 40.0 Å². The van der Waals surface area contributed by atoms with Gasteiger partial charge < -0.3 is 10.0 Å². The number of hydrogen-bond donors (Lipinski definition) is 1. The highest BCUT2D eigenvalue weighted by atomic mass is 35.5. The van der Waals surface area contributed by atoms with Crippen LogP contribution in [0.4, 0.5) is 0 Å². The molecule has 0 radical (unpaired) electrons. The van der Waals surface area contributed by atoms with Crippen molar-refractivity contribution in [1.82, 2.24) is 4.90 Å². The fourth-order valence-electron chi connectivity index (χ4n) is 1.65. The van der Waals surface area contributed by atoms with Crippen molar-refractivity contribution in [3.63, 3.8) is 0 Å². The number of Topliss-reactive ketones (excluding diaryl/α,β-unsaturated/α-hetero) is 1. The number of likely N-dealkylation sites (N-methyl/N-ethyl adjacent to an activating group) is 1. The van der Waals surface area contributed by atoms with E-state index in [4.69, 9.17) is 16.7 Å². The number of nitrogens with zero attached hydrogens (tertiary/aromatic N) is 1. The Balaban J connectivity index is 0.000000377. The first-order valence-electron chi connectivity index (χ1n) is 7.02. The fraction of sp³-hybridized carbons (Fsp3) is 0.562. The summed E-state index contributed by atoms with van der Waals surface area (Å²) in [7, 11) is 1.99. The quantitative estimate of drug-likeness (QED) is 0.910. The summed E-state index contributed by atoms with van der Waals surface area (Å²) < 4.78 is 0. The Morgan fingerprint density at radius 3 is 2.00 bits per heavy atom. The van der Waals surface area contributed by atoms with E-state index in [9.17, 15) is 4.79 Å². The van der Waals surface area contributed by atoms with E-state index in [0.717, 1.165) is 18.7 Å². The second-order valence-corrected chi connectivity index (χ2v) is 5.20. The molecule has 1 heterocycles. The van der Waals surface area contributed by atoms with Crippen LogP contribution in [-0.2, 0) is 4.79 Å². The molecule has 1 saturated heterocycles. The summed E-state index contributed by atoms with van der Waals surface area (Å²) in [5.74, 6) is 0.152. The van der Waals surface area contributed by atoms with Crippen LogP contribution in [0.15, 0.2) is 24.3 Å². The highest BCUT2D eigenvalue weighted by Gasteiger charge is 2.18. The van der Waals surface area contributed by atoms with Crippen LogP contribution in [0, 0.1) is 0 Å². The zero-order valence-corrected chi connectivity index (χ0v) is 13.8. The van der Waals surface area contributed by atoms with E-state index in [-0.39, 0.29) is 17.8 Å². The maximum absolute atomic E-state index is 11.0. The van der Waals surface area contributed by atoms with Gasteiger partial charge in [0.15, 0.2) is 0 Å². The van der Waals surface area contributed by atoms with Gasteiger partial charge in [-0.25, -0.2) is 0 Å². The monoisotopic (exact) mass is 299 g/mol. The minimum Gasteiger partial charge on any atom is -0.390 e. The number of benzene rings is 1. The Bertz CT molecular complexity index is 380. The van der Waals surface area contributed by atoms with Crippen LogP contribution < -0.4 is 0 Å². The van der Waals surface area contributed by atoms with Crippen molar-refractivity contribution >= 4 is 17.4 Å². The predicted molar refractivity (Wildman–Crippen MR) is 85.4 cm³/mol. The van der Waals surface area contributed by atoms with Crippen LogP contribution in [0.3, 0.4) is 0 Å². The summed E-state index contributed by atoms with van der Waals surface area (Å²) in [5, 5.41) is 9.28. The molecule has 0 saturated carbocycles. The highest BCUT2D eigenvalue weighted by Crippen LogP contribution is 2.18. The molecule has 1 aliphatic heterocycles. The van der Waals surface area contributed by atoms with Gasteiger partial charge in [-0.05, 0) is 31.7 Å². The molecular formula is C16H26ClNO2. The number of carbonyl (C=O) groups is 1. The number of rotatable bonds is 2. The number of hydrogen-bond acceptors (Lipinski definition) is 3. The average Bonchev–Trinajstić information content (AvgIpc) is 2.40. The first-order chi connectivity index (χ1) is 9.40. The lowest BCUT2D eigenvalue weighted by Gasteiger charge is -2.31. The Labute approximate surface area is 127 Å². The van der Waals surface area contributed by atoms with E-state index in [0.29, 0.717) is 5.02 Å². The first-order valence-corrected chi connectivity index (χ1v) is 7.40. The summed E-state index contributed by atoms with van der Waals surface area (Å²) in [5.41, 5.74) is 1.02. The van der Waals surface area contributed by atoms with Crippen molar-refractivity contribution < 1.29 is 9.90 Å². The third-order valence-electron chi connectivity index (χ3n) is 3.02. The van der Waals surface area contributed by atoms with Crippen LogP contribution in [-0.4, -0.2) is 42.0 Å². The molecule has 0 spiro atoms. The minimum atomic E-state index is -0.0324. The molecule has 2 rings (SSSR count). The van der Waals surface area contributed by atoms with Gasteiger partial charge in [-0.3, -0.25) is 4.79 Å². The molecule has 1 aliphatic rings. The number of ketones is 1. The molecule has 0 bridgehead atoms. The Morgan fingerprint density at radius 2 is 1.75 bits per heavy atom. The van der Waals surface area contributed by atoms with Gasteiger partial charge >= 0.3 is 0 Å². The van der Waals surface area contributed by atoms with Gasteiger partial charge in [-0.2, -0.15) is 0 Å². The molecule has 1 atom stereocenters. The molecule has 0 aliphatic carbocycles. The van der Waals surface area contributed by atoms with Crippen molar-refractivity contribution in [3.05, 3.63) is 34.9 Å². The van der Waals surface area contributed by atoms with Crippen LogP contribution in [0.5, 0.6) is 0 Å². The summed E-state index contributed by atoms with van der Waals surface area (Å²) >= 11 is 5.71. The summed E-state index contributed by atoms with van der Waals surface area (Å²) in [6.07, 6.45) is -0.0324. The van der Waals surface area contributed by atoms with E-state index in [1.54, 1.807) is 19.1 Å². The standard InChI is InChI=1S/C10H11ClO.C4H9NO.C2H6/c1-7(8(2)12)9-3-5-10(11)6-4-9;1-5-2-4(6)3-5;1-2/h3-7H,1-2H3;4,6H,2-3H2,1H3;1-2H3. The van der Waals surface area contributed by atoms with Crippen LogP contribution in [0.25, 0.3) is 0 Å². The number of aliphatic hydroxyl groups is 1. The van der Waals surface area contributed by atoms with E-state index < -0.39 is 0 Å². The maximum Gasteiger partial charge on any atom is 0.136 e. The molecule has 1 unspecified atom stereocenters. The zero-order chi connectivity index (χ0) is 15.7. The van der Waals surface area contributed by atoms with E-state index >= 15 is 0 Å². The van der Waals surface area contributed by atoms with Gasteiger partial charge in [0.2, 0.25) is 0 Å². The van der Waals surface area contributed by atoms with Crippen LogP contribution in [0.2, 0.25) is 5.02 Å². The van der Waals surface area contributed by atoms with Crippen LogP contribution in [0.1, 0.15) is 39.2 Å². The fourth-order valence-corrected chi connectivity index (χ4v) is 1.78. The van der Waals surface area contributed by atoms with Crippen LogP contribution >= 0.6 is 11.6 Å². The number of likely N-dealkylation sites (tertiary alicyclic amines) is 1. The number of carbonyl (C=O) groups excluding carboxylic acids is 1. The lowest BCUT2D eigenvalue weighted by Crippen LogP contribution is -2.47. The second kappa shape index (κ2) is 9.92. The first kappa shape index (κ1) is 19.1. The van der Waals surface area contributed by atoms with Gasteiger partial charge in [0, 0.05) is 24.0 Å². The maximum atomic E-state index is 11.0. The SMILES string of the molecule is CC.CC(=O)C(C)c1ccc(Cl)cc1.CN1CC(O)C1. The highest BCUT2D eigenvalue weighted by molar-refractivity contribution is 6.30. The smallest absolute Gasteiger partial charge is 0.136 e. The van der Waals surface area contributed by atoms with Gasteiger partial charge in [0.1, 0.15) is 5.78 Å². The van der Waals surface area contributed by atoms with Crippen molar-refractivity contribution in [1.29, 1.82) is 0 Å². The normalized spacial score (nSPS) is 15.9. The molecule has 114 valence electrons. The minimum absolute atomic E-state index is 0.0257. The molecular weight excluding hydrogens is 274 g/mol. The lowest BCUT2D eigenvalue weighted by molar-refractivity contribution is -0.118. The van der Waals surface area contributed by atoms with Gasteiger partial charge in [0.25, 0.3) is 0 Å². The Kier molecular flexibility index (Phi) is 9.47. The number of aliphatic hydroxyl groups excluding tert-OH is 1. The Hall–Kier alpha value is -0.900. The molecule has 1 aromatic rings. The number of β-amino-alcohol motifs (C(OH)–C–C–N with tert-alkyl or cyclic N) is 1. The molecule has 3 nitrogen and oxygen atoms in total. The van der Waals surface area contributed by atoms with Gasteiger partial charge in [-0.15, -0.1) is 0 Å². The van der Waals surface area contributed by atoms with Gasteiger partial charge in [-0.1, -0.05) is 44.5 Å². The third kappa shape index (κ3) is 7.04. The third-order valence-corrected chi connectivity index (χ3v) is 3.28. The van der Waals surface area contributed by atoms with Crippen molar-refractivity contribution in [2.45, 2.75) is 39.7 Å². The molecule has 4 heteroatoms. The van der Waals surface area contributed by atoms with Gasteiger partial charge in [0.05, 0.1) is 6.10 Å². The topological polar surface area (TPSA) is 40.5 Å². The summed E-state index contributed by atoms with van der Waals surface area (Å²) in [6.45, 7) is 9.21. The number of halogens is 1. The molecule has 1 aromatic carbocycles. The molecule has 20 heavy (non-hydrogen) atoms. The molecule has 1 fully saturated rings. The second-order valence-electron chi connectivity index (χ2n) is 4.76. The van der Waals surface area contributed by atoms with E-state index in [2.05, 4.69) is 4.90 Å². The predicted octanol–water partition coefficient (Wildman–Crippen LogP) is 3.35. The molecule has 0 aromatic heterocycles. The Morgan fingerprint density at radius 1 is 1.30 bits per heavy atom. The van der Waals surface area contributed by atoms with E-state index in [1.165, 1.54) is 0 Å². The lowest BCUT2D eigenvalue weighted by atomic mass is 9.98. The summed E-state index contributed by atoms with van der Waals surface area (Å²) in [4.78, 5) is 13.1.